The van der Waals surface area contributed by atoms with Crippen molar-refractivity contribution in [2.24, 2.45) is 11.8 Å². The lowest BCUT2D eigenvalue weighted by atomic mass is 9.90. The van der Waals surface area contributed by atoms with Gasteiger partial charge in [-0.05, 0) is 18.8 Å². The molecule has 0 spiro atoms. The molecule has 0 aromatic carbocycles. The molecule has 0 aromatic rings. The van der Waals surface area contributed by atoms with Crippen LogP contribution in [0.15, 0.2) is 0 Å². The van der Waals surface area contributed by atoms with Gasteiger partial charge < -0.3 is 10.4 Å². The topological polar surface area (TPSA) is 49.3 Å². The maximum Gasteiger partial charge on any atom is 0.223 e. The summed E-state index contributed by atoms with van der Waals surface area (Å²) >= 11 is 0. The third-order valence-corrected chi connectivity index (χ3v) is 3.73. The van der Waals surface area contributed by atoms with Crippen LogP contribution in [0.5, 0.6) is 0 Å². The van der Waals surface area contributed by atoms with E-state index in [1.165, 1.54) is 32.1 Å². The Morgan fingerprint density at radius 1 is 1.18 bits per heavy atom. The van der Waals surface area contributed by atoms with Crippen LogP contribution in [0.2, 0.25) is 0 Å². The number of hydrogen-bond donors (Lipinski definition) is 2. The van der Waals surface area contributed by atoms with E-state index >= 15 is 0 Å². The van der Waals surface area contributed by atoms with Crippen LogP contribution < -0.4 is 5.32 Å². The van der Waals surface area contributed by atoms with E-state index in [0.29, 0.717) is 6.54 Å². The molecule has 0 bridgehead atoms. The number of nitrogens with one attached hydrogen (secondary N) is 1. The molecule has 1 rings (SSSR count). The first kappa shape index (κ1) is 14.5. The summed E-state index contributed by atoms with van der Waals surface area (Å²) in [6.45, 7) is 4.33. The minimum atomic E-state index is -0.424. The quantitative estimate of drug-likeness (QED) is 0.794. The monoisotopic (exact) mass is 241 g/mol. The van der Waals surface area contributed by atoms with E-state index in [9.17, 15) is 9.90 Å². The van der Waals surface area contributed by atoms with E-state index in [-0.39, 0.29) is 17.7 Å². The summed E-state index contributed by atoms with van der Waals surface area (Å²) in [4.78, 5) is 12.0. The molecule has 0 radical (unpaired) electrons. The van der Waals surface area contributed by atoms with Crippen molar-refractivity contribution in [2.75, 3.05) is 6.54 Å². The SMILES string of the molecule is CC(C)C(O)CNC(=O)C1CCCCCCC1. The van der Waals surface area contributed by atoms with Gasteiger partial charge in [-0.3, -0.25) is 4.79 Å². The molecule has 17 heavy (non-hydrogen) atoms. The largest absolute Gasteiger partial charge is 0.391 e. The van der Waals surface area contributed by atoms with E-state index in [1.807, 2.05) is 13.8 Å². The van der Waals surface area contributed by atoms with Crippen LogP contribution >= 0.6 is 0 Å². The molecule has 0 aliphatic heterocycles. The van der Waals surface area contributed by atoms with E-state index in [1.54, 1.807) is 0 Å². The normalized spacial score (nSPS) is 20.7. The Balaban J connectivity index is 2.29. The van der Waals surface area contributed by atoms with Gasteiger partial charge in [-0.1, -0.05) is 46.0 Å². The van der Waals surface area contributed by atoms with Crippen molar-refractivity contribution in [1.82, 2.24) is 5.32 Å². The average Bonchev–Trinajstić information content (AvgIpc) is 2.24. The van der Waals surface area contributed by atoms with Gasteiger partial charge in [-0.25, -0.2) is 0 Å². The smallest absolute Gasteiger partial charge is 0.223 e. The van der Waals surface area contributed by atoms with Gasteiger partial charge in [-0.2, -0.15) is 0 Å². The fourth-order valence-corrected chi connectivity index (χ4v) is 2.30. The number of rotatable bonds is 4. The number of hydrogen-bond acceptors (Lipinski definition) is 2. The highest BCUT2D eigenvalue weighted by Gasteiger charge is 2.20. The molecule has 1 fully saturated rings. The maximum atomic E-state index is 12.0. The highest BCUT2D eigenvalue weighted by atomic mass is 16.3. The molecule has 1 amide bonds. The molecule has 0 aromatic heterocycles. The first-order valence-corrected chi connectivity index (χ1v) is 7.07. The summed E-state index contributed by atoms with van der Waals surface area (Å²) < 4.78 is 0. The van der Waals surface area contributed by atoms with Crippen LogP contribution in [0.25, 0.3) is 0 Å². The fourth-order valence-electron chi connectivity index (χ4n) is 2.30. The van der Waals surface area contributed by atoms with Crippen molar-refractivity contribution in [3.05, 3.63) is 0 Å². The number of carbonyl (C=O) groups is 1. The summed E-state index contributed by atoms with van der Waals surface area (Å²) in [5.74, 6) is 0.522. The lowest BCUT2D eigenvalue weighted by Crippen LogP contribution is -2.38. The van der Waals surface area contributed by atoms with Crippen molar-refractivity contribution in [1.29, 1.82) is 0 Å². The van der Waals surface area contributed by atoms with E-state index in [2.05, 4.69) is 5.32 Å². The summed E-state index contributed by atoms with van der Waals surface area (Å²) in [5.41, 5.74) is 0. The second-order valence-corrected chi connectivity index (χ2v) is 5.60. The molecule has 3 nitrogen and oxygen atoms in total. The van der Waals surface area contributed by atoms with Crippen molar-refractivity contribution in [3.63, 3.8) is 0 Å². The van der Waals surface area contributed by atoms with Gasteiger partial charge in [0.1, 0.15) is 0 Å². The molecule has 0 saturated heterocycles. The third-order valence-electron chi connectivity index (χ3n) is 3.73. The molecule has 1 unspecified atom stereocenters. The van der Waals surface area contributed by atoms with Gasteiger partial charge in [0.25, 0.3) is 0 Å². The Morgan fingerprint density at radius 2 is 1.71 bits per heavy atom. The zero-order valence-electron chi connectivity index (χ0n) is 11.2. The van der Waals surface area contributed by atoms with Crippen LogP contribution in [-0.4, -0.2) is 23.7 Å². The molecule has 1 saturated carbocycles. The fraction of sp³-hybridized carbons (Fsp3) is 0.929. The first-order chi connectivity index (χ1) is 8.11. The number of aliphatic hydroxyl groups is 1. The van der Waals surface area contributed by atoms with Gasteiger partial charge in [0.2, 0.25) is 5.91 Å². The molecule has 100 valence electrons. The Hall–Kier alpha value is -0.570. The van der Waals surface area contributed by atoms with Gasteiger partial charge >= 0.3 is 0 Å². The molecule has 1 atom stereocenters. The second kappa shape index (κ2) is 7.70. The van der Waals surface area contributed by atoms with E-state index < -0.39 is 6.10 Å². The predicted molar refractivity (Wildman–Crippen MR) is 69.7 cm³/mol. The summed E-state index contributed by atoms with van der Waals surface area (Å²) in [6, 6.07) is 0. The van der Waals surface area contributed by atoms with E-state index in [0.717, 1.165) is 12.8 Å². The third kappa shape index (κ3) is 5.53. The predicted octanol–water partition coefficient (Wildman–Crippen LogP) is 2.48. The number of aliphatic hydroxyl groups excluding tert-OH is 1. The van der Waals surface area contributed by atoms with Crippen LogP contribution in [-0.2, 0) is 4.79 Å². The lowest BCUT2D eigenvalue weighted by Gasteiger charge is -2.21. The zero-order valence-corrected chi connectivity index (χ0v) is 11.2. The summed E-state index contributed by atoms with van der Waals surface area (Å²) in [6.07, 6.45) is 7.80. The molecule has 3 heteroatoms. The second-order valence-electron chi connectivity index (χ2n) is 5.60. The van der Waals surface area contributed by atoms with Crippen LogP contribution in [0.1, 0.15) is 58.8 Å². The van der Waals surface area contributed by atoms with Crippen LogP contribution in [0.4, 0.5) is 0 Å². The highest BCUT2D eigenvalue weighted by Crippen LogP contribution is 2.22. The molecule has 0 heterocycles. The standard InChI is InChI=1S/C14H27NO2/c1-11(2)13(16)10-15-14(17)12-8-6-4-3-5-7-9-12/h11-13,16H,3-10H2,1-2H3,(H,15,17). The summed E-state index contributed by atoms with van der Waals surface area (Å²) in [7, 11) is 0. The van der Waals surface area contributed by atoms with Crippen molar-refractivity contribution in [2.45, 2.75) is 64.9 Å². The first-order valence-electron chi connectivity index (χ1n) is 7.07. The molecular formula is C14H27NO2. The Bertz CT molecular complexity index is 220. The van der Waals surface area contributed by atoms with Crippen LogP contribution in [0, 0.1) is 11.8 Å². The minimum absolute atomic E-state index is 0.145. The lowest BCUT2D eigenvalue weighted by molar-refractivity contribution is -0.126. The van der Waals surface area contributed by atoms with Gasteiger partial charge in [-0.15, -0.1) is 0 Å². The number of amides is 1. The molecule has 1 aliphatic carbocycles. The Labute approximate surface area is 105 Å². The zero-order chi connectivity index (χ0) is 12.7. The minimum Gasteiger partial charge on any atom is -0.391 e. The maximum absolute atomic E-state index is 12.0. The van der Waals surface area contributed by atoms with E-state index in [4.69, 9.17) is 0 Å². The van der Waals surface area contributed by atoms with Crippen molar-refractivity contribution < 1.29 is 9.90 Å². The van der Waals surface area contributed by atoms with Gasteiger partial charge in [0.05, 0.1) is 6.10 Å². The molecular weight excluding hydrogens is 214 g/mol. The molecule has 1 aliphatic rings. The van der Waals surface area contributed by atoms with Crippen LogP contribution in [0.3, 0.4) is 0 Å². The average molecular weight is 241 g/mol. The Kier molecular flexibility index (Phi) is 6.56. The van der Waals surface area contributed by atoms with Gasteiger partial charge in [0, 0.05) is 12.5 Å². The molecule has 2 N–H and O–H groups in total. The van der Waals surface area contributed by atoms with Gasteiger partial charge in [0.15, 0.2) is 0 Å². The summed E-state index contributed by atoms with van der Waals surface area (Å²) in [5, 5.41) is 12.6. The number of carbonyl (C=O) groups excluding carboxylic acids is 1. The highest BCUT2D eigenvalue weighted by molar-refractivity contribution is 5.78. The van der Waals surface area contributed by atoms with Crippen molar-refractivity contribution in [3.8, 4) is 0 Å². The Morgan fingerprint density at radius 3 is 2.24 bits per heavy atom. The van der Waals surface area contributed by atoms with Crippen molar-refractivity contribution >= 4 is 5.91 Å².